The van der Waals surface area contributed by atoms with Gasteiger partial charge in [-0.05, 0) is 74.4 Å². The SMILES string of the molecule is CCOc1ccc(N(CC(=O)N(Cc2c(Cl)cccc2Cl)[C@@H](Cc2ccccc2)C(=O)N[C@H](C)CC)S(=O)(=O)c2ccc(OC)c(OC)c2)cc1. The number of carbonyl (C=O) groups is 2. The molecule has 0 spiro atoms. The second kappa shape index (κ2) is 18.2. The van der Waals surface area contributed by atoms with Crippen molar-refractivity contribution in [2.24, 2.45) is 0 Å². The van der Waals surface area contributed by atoms with E-state index < -0.39 is 34.4 Å². The lowest BCUT2D eigenvalue weighted by atomic mass is 10.0. The maximum Gasteiger partial charge on any atom is 0.264 e. The van der Waals surface area contributed by atoms with Crippen molar-refractivity contribution in [1.29, 1.82) is 0 Å². The highest BCUT2D eigenvalue weighted by Gasteiger charge is 2.36. The van der Waals surface area contributed by atoms with Gasteiger partial charge in [0, 0.05) is 40.7 Å². The summed E-state index contributed by atoms with van der Waals surface area (Å²) in [6.45, 7) is 5.22. The number of nitrogens with zero attached hydrogens (tertiary/aromatic N) is 2. The van der Waals surface area contributed by atoms with Gasteiger partial charge >= 0.3 is 0 Å². The molecule has 272 valence electrons. The summed E-state index contributed by atoms with van der Waals surface area (Å²) in [4.78, 5) is 30.1. The molecular formula is C38H43Cl2N3O7S. The Morgan fingerprint density at radius 3 is 2.08 bits per heavy atom. The summed E-state index contributed by atoms with van der Waals surface area (Å²) in [7, 11) is -1.58. The minimum atomic E-state index is -4.43. The largest absolute Gasteiger partial charge is 0.494 e. The molecule has 0 aliphatic rings. The highest BCUT2D eigenvalue weighted by molar-refractivity contribution is 7.92. The number of halogens is 2. The topological polar surface area (TPSA) is 114 Å². The summed E-state index contributed by atoms with van der Waals surface area (Å²) in [6, 6.07) is 23.5. The number of sulfonamides is 1. The number of benzene rings is 4. The molecule has 0 saturated carbocycles. The molecule has 0 radical (unpaired) electrons. The summed E-state index contributed by atoms with van der Waals surface area (Å²) in [5.74, 6) is -0.0184. The average molecular weight is 757 g/mol. The van der Waals surface area contributed by atoms with Gasteiger partial charge in [0.1, 0.15) is 18.3 Å². The van der Waals surface area contributed by atoms with Gasteiger partial charge in [-0.1, -0.05) is 66.5 Å². The summed E-state index contributed by atoms with van der Waals surface area (Å²) >= 11 is 13.2. The van der Waals surface area contributed by atoms with E-state index in [0.29, 0.717) is 40.1 Å². The maximum atomic E-state index is 14.8. The minimum Gasteiger partial charge on any atom is -0.494 e. The molecule has 51 heavy (non-hydrogen) atoms. The third-order valence-corrected chi connectivity index (χ3v) is 10.8. The van der Waals surface area contributed by atoms with Gasteiger partial charge in [0.25, 0.3) is 10.0 Å². The minimum absolute atomic E-state index is 0.141. The number of ether oxygens (including phenoxy) is 3. The Bertz CT molecular complexity index is 1870. The number of amides is 2. The molecule has 4 aromatic rings. The fourth-order valence-electron chi connectivity index (χ4n) is 5.36. The number of carbonyl (C=O) groups excluding carboxylic acids is 2. The van der Waals surface area contributed by atoms with Crippen LogP contribution in [0.3, 0.4) is 0 Å². The molecule has 0 aliphatic carbocycles. The lowest BCUT2D eigenvalue weighted by molar-refractivity contribution is -0.140. The van der Waals surface area contributed by atoms with Gasteiger partial charge < -0.3 is 24.4 Å². The predicted octanol–water partition coefficient (Wildman–Crippen LogP) is 7.16. The van der Waals surface area contributed by atoms with Crippen LogP contribution in [0.5, 0.6) is 17.2 Å². The van der Waals surface area contributed by atoms with Crippen LogP contribution in [0.4, 0.5) is 5.69 Å². The first-order chi connectivity index (χ1) is 24.4. The molecule has 0 bridgehead atoms. The van der Waals surface area contributed by atoms with Gasteiger partial charge in [0.2, 0.25) is 11.8 Å². The van der Waals surface area contributed by atoms with Crippen molar-refractivity contribution in [3.05, 3.63) is 112 Å². The monoisotopic (exact) mass is 755 g/mol. The van der Waals surface area contributed by atoms with Crippen LogP contribution < -0.4 is 23.8 Å². The Hall–Kier alpha value is -4.45. The number of rotatable bonds is 17. The van der Waals surface area contributed by atoms with Crippen molar-refractivity contribution < 1.29 is 32.2 Å². The Balaban J connectivity index is 1.87. The van der Waals surface area contributed by atoms with E-state index in [1.165, 1.54) is 37.3 Å². The molecule has 0 unspecified atom stereocenters. The van der Waals surface area contributed by atoms with Crippen LogP contribution in [0, 0.1) is 0 Å². The molecule has 4 rings (SSSR count). The van der Waals surface area contributed by atoms with E-state index in [1.54, 1.807) is 42.5 Å². The molecule has 0 aromatic heterocycles. The second-order valence-electron chi connectivity index (χ2n) is 11.7. The zero-order valence-electron chi connectivity index (χ0n) is 29.3. The molecule has 2 atom stereocenters. The Kier molecular flexibility index (Phi) is 14.0. The van der Waals surface area contributed by atoms with Crippen molar-refractivity contribution in [3.63, 3.8) is 0 Å². The third kappa shape index (κ3) is 9.87. The van der Waals surface area contributed by atoms with Crippen LogP contribution in [0.15, 0.2) is 95.9 Å². The molecule has 0 fully saturated rings. The standard InChI is InChI=1S/C38H43Cl2N3O7S/c1-6-26(3)41-38(45)34(22-27-12-9-8-10-13-27)42(24-31-32(39)14-11-15-33(31)40)37(44)25-43(28-16-18-29(19-17-28)50-7-2)51(46,47)30-20-21-35(48-4)36(23-30)49-5/h8-21,23,26,34H,6-7,22,24-25H2,1-5H3,(H,41,45)/t26-,34+/m1/s1. The van der Waals surface area contributed by atoms with Gasteiger partial charge in [-0.3, -0.25) is 13.9 Å². The molecule has 1 N–H and O–H groups in total. The molecular weight excluding hydrogens is 713 g/mol. The lowest BCUT2D eigenvalue weighted by Gasteiger charge is -2.34. The Morgan fingerprint density at radius 1 is 0.843 bits per heavy atom. The van der Waals surface area contributed by atoms with E-state index in [2.05, 4.69) is 5.32 Å². The van der Waals surface area contributed by atoms with Gasteiger partial charge in [-0.15, -0.1) is 0 Å². The number of hydrogen-bond acceptors (Lipinski definition) is 7. The van der Waals surface area contributed by atoms with E-state index in [4.69, 9.17) is 37.4 Å². The van der Waals surface area contributed by atoms with Crippen LogP contribution in [0.1, 0.15) is 38.3 Å². The fourth-order valence-corrected chi connectivity index (χ4v) is 7.30. The van der Waals surface area contributed by atoms with Gasteiger partial charge in [0.15, 0.2) is 11.5 Å². The van der Waals surface area contributed by atoms with Crippen molar-refractivity contribution in [3.8, 4) is 17.2 Å². The fraction of sp³-hybridized carbons (Fsp3) is 0.316. The zero-order valence-corrected chi connectivity index (χ0v) is 31.6. The molecule has 2 amide bonds. The first kappa shape index (κ1) is 39.3. The highest BCUT2D eigenvalue weighted by Crippen LogP contribution is 2.33. The van der Waals surface area contributed by atoms with E-state index >= 15 is 0 Å². The van der Waals surface area contributed by atoms with E-state index in [-0.39, 0.29) is 35.3 Å². The molecule has 13 heteroatoms. The lowest BCUT2D eigenvalue weighted by Crippen LogP contribution is -2.54. The summed E-state index contributed by atoms with van der Waals surface area (Å²) in [6.07, 6.45) is 0.797. The first-order valence-electron chi connectivity index (χ1n) is 16.5. The Labute approximate surface area is 310 Å². The van der Waals surface area contributed by atoms with Crippen molar-refractivity contribution in [2.45, 2.75) is 57.1 Å². The number of hydrogen-bond donors (Lipinski definition) is 1. The van der Waals surface area contributed by atoms with Gasteiger partial charge in [0.05, 0.1) is 31.4 Å². The normalized spacial score (nSPS) is 12.4. The van der Waals surface area contributed by atoms with Crippen molar-refractivity contribution in [1.82, 2.24) is 10.2 Å². The van der Waals surface area contributed by atoms with Crippen LogP contribution in [-0.4, -0.2) is 64.6 Å². The number of anilines is 1. The Morgan fingerprint density at radius 2 is 1.49 bits per heavy atom. The van der Waals surface area contributed by atoms with Crippen LogP contribution >= 0.6 is 23.2 Å². The molecule has 10 nitrogen and oxygen atoms in total. The van der Waals surface area contributed by atoms with Gasteiger partial charge in [-0.25, -0.2) is 8.42 Å². The van der Waals surface area contributed by atoms with Crippen molar-refractivity contribution in [2.75, 3.05) is 31.7 Å². The zero-order chi connectivity index (χ0) is 37.1. The van der Waals surface area contributed by atoms with E-state index in [0.717, 1.165) is 9.87 Å². The predicted molar refractivity (Wildman–Crippen MR) is 201 cm³/mol. The molecule has 0 aliphatic heterocycles. The average Bonchev–Trinajstić information content (AvgIpc) is 3.13. The third-order valence-electron chi connectivity index (χ3n) is 8.32. The van der Waals surface area contributed by atoms with Crippen LogP contribution in [0.2, 0.25) is 10.0 Å². The smallest absolute Gasteiger partial charge is 0.264 e. The molecule has 4 aromatic carbocycles. The van der Waals surface area contributed by atoms with E-state index in [1.807, 2.05) is 51.1 Å². The number of nitrogens with one attached hydrogen (secondary N) is 1. The quantitative estimate of drug-likeness (QED) is 0.122. The van der Waals surface area contributed by atoms with Crippen LogP contribution in [-0.2, 0) is 32.6 Å². The molecule has 0 heterocycles. The van der Waals surface area contributed by atoms with Crippen LogP contribution in [0.25, 0.3) is 0 Å². The molecule has 0 saturated heterocycles. The van der Waals surface area contributed by atoms with Crippen molar-refractivity contribution >= 4 is 50.7 Å². The summed E-state index contributed by atoms with van der Waals surface area (Å²) in [5.41, 5.74) is 1.41. The van der Waals surface area contributed by atoms with Gasteiger partial charge in [-0.2, -0.15) is 0 Å². The van der Waals surface area contributed by atoms with E-state index in [9.17, 15) is 18.0 Å². The number of methoxy groups -OCH3 is 2. The summed E-state index contributed by atoms with van der Waals surface area (Å²) < 4.78 is 46.3. The second-order valence-corrected chi connectivity index (χ2v) is 14.4. The maximum absolute atomic E-state index is 14.8. The highest BCUT2D eigenvalue weighted by atomic mass is 35.5. The summed E-state index contributed by atoms with van der Waals surface area (Å²) in [5, 5.41) is 3.60. The first-order valence-corrected chi connectivity index (χ1v) is 18.7.